The molecule has 3 nitrogen and oxygen atoms in total. The molecule has 0 fully saturated rings. The molecule has 1 aliphatic rings. The van der Waals surface area contributed by atoms with Gasteiger partial charge in [-0.25, -0.2) is 0 Å². The largest absolute Gasteiger partial charge is 0.394 e. The summed E-state index contributed by atoms with van der Waals surface area (Å²) >= 11 is 7.64. The lowest BCUT2D eigenvalue weighted by atomic mass is 9.96. The van der Waals surface area contributed by atoms with Gasteiger partial charge in [0.1, 0.15) is 0 Å². The molecule has 1 heterocycles. The molecule has 5 heteroatoms. The Hall–Kier alpha value is -0.130. The maximum Gasteiger partial charge on any atom is 0.0934 e. The summed E-state index contributed by atoms with van der Waals surface area (Å²) in [4.78, 5) is 1.33. The molecule has 1 aromatic rings. The second kappa shape index (κ2) is 5.24. The van der Waals surface area contributed by atoms with Crippen LogP contribution in [0.2, 0.25) is 4.34 Å². The summed E-state index contributed by atoms with van der Waals surface area (Å²) in [5.41, 5.74) is 0.653. The maximum absolute atomic E-state index is 9.44. The van der Waals surface area contributed by atoms with Gasteiger partial charge in [-0.15, -0.1) is 11.3 Å². The fraction of sp³-hybridized carbons (Fsp3) is 0.667. The molecule has 0 aromatic carbocycles. The van der Waals surface area contributed by atoms with Crippen molar-refractivity contribution in [3.8, 4) is 0 Å². The third-order valence-electron chi connectivity index (χ3n) is 3.61. The highest BCUT2D eigenvalue weighted by atomic mass is 35.5. The first kappa shape index (κ1) is 13.3. The summed E-state index contributed by atoms with van der Waals surface area (Å²) in [6.07, 6.45) is 2.74. The summed E-state index contributed by atoms with van der Waals surface area (Å²) in [7, 11) is 0. The summed E-state index contributed by atoms with van der Waals surface area (Å²) in [5.74, 6) is 0. The highest BCUT2D eigenvalue weighted by molar-refractivity contribution is 7.16. The topological polar surface area (TPSA) is 52.5 Å². The minimum Gasteiger partial charge on any atom is -0.394 e. The molecule has 96 valence electrons. The zero-order valence-corrected chi connectivity index (χ0v) is 11.4. The zero-order valence-electron chi connectivity index (χ0n) is 9.87. The molecule has 1 aliphatic carbocycles. The van der Waals surface area contributed by atoms with Crippen molar-refractivity contribution in [3.05, 3.63) is 20.8 Å². The first-order chi connectivity index (χ1) is 8.14. The van der Waals surface area contributed by atoms with Crippen LogP contribution in [-0.4, -0.2) is 29.0 Å². The monoisotopic (exact) mass is 275 g/mol. The molecule has 0 saturated heterocycles. The predicted octanol–water partition coefficient (Wildman–Crippen LogP) is 2.11. The van der Waals surface area contributed by atoms with Crippen molar-refractivity contribution < 1.29 is 10.2 Å². The summed E-state index contributed by atoms with van der Waals surface area (Å²) in [6, 6.07) is 2.20. The zero-order chi connectivity index (χ0) is 12.5. The van der Waals surface area contributed by atoms with Crippen LogP contribution in [0.5, 0.6) is 0 Å². The van der Waals surface area contributed by atoms with Gasteiger partial charge in [0.15, 0.2) is 0 Å². The van der Waals surface area contributed by atoms with Gasteiger partial charge in [-0.05, 0) is 30.9 Å². The number of fused-ring (bicyclic) bond motifs is 1. The van der Waals surface area contributed by atoms with E-state index in [1.165, 1.54) is 10.4 Å². The summed E-state index contributed by atoms with van der Waals surface area (Å²) < 4.78 is 0.816. The lowest BCUT2D eigenvalue weighted by molar-refractivity contribution is 0.0775. The average Bonchev–Trinajstić information content (AvgIpc) is 2.87. The Kier molecular flexibility index (Phi) is 4.10. The summed E-state index contributed by atoms with van der Waals surface area (Å²) in [5, 5.41) is 22.3. The van der Waals surface area contributed by atoms with Gasteiger partial charge < -0.3 is 15.5 Å². The molecule has 0 amide bonds. The molecular weight excluding hydrogens is 258 g/mol. The van der Waals surface area contributed by atoms with Gasteiger partial charge in [0.05, 0.1) is 23.1 Å². The van der Waals surface area contributed by atoms with Gasteiger partial charge in [-0.1, -0.05) is 18.5 Å². The Balaban J connectivity index is 2.15. The van der Waals surface area contributed by atoms with Crippen LogP contribution in [0.4, 0.5) is 0 Å². The molecule has 17 heavy (non-hydrogen) atoms. The van der Waals surface area contributed by atoms with Crippen LogP contribution in [0, 0.1) is 0 Å². The van der Waals surface area contributed by atoms with Gasteiger partial charge in [0.2, 0.25) is 0 Å². The van der Waals surface area contributed by atoms with E-state index in [0.29, 0.717) is 6.42 Å². The van der Waals surface area contributed by atoms with Crippen LogP contribution < -0.4 is 5.32 Å². The number of halogens is 1. The number of aryl methyl sites for hydroxylation is 1. The Morgan fingerprint density at radius 2 is 2.24 bits per heavy atom. The summed E-state index contributed by atoms with van der Waals surface area (Å²) in [6.45, 7) is 1.86. The van der Waals surface area contributed by atoms with Crippen molar-refractivity contribution in [2.75, 3.05) is 13.2 Å². The molecule has 0 radical (unpaired) electrons. The molecule has 1 unspecified atom stereocenters. The van der Waals surface area contributed by atoms with E-state index < -0.39 is 5.54 Å². The molecule has 0 aliphatic heterocycles. The fourth-order valence-electron chi connectivity index (χ4n) is 2.32. The maximum atomic E-state index is 9.44. The van der Waals surface area contributed by atoms with Crippen LogP contribution in [0.1, 0.15) is 36.2 Å². The number of aliphatic hydroxyl groups excluding tert-OH is 2. The highest BCUT2D eigenvalue weighted by Crippen LogP contribution is 2.40. The van der Waals surface area contributed by atoms with Crippen LogP contribution in [0.3, 0.4) is 0 Å². The molecule has 0 bridgehead atoms. The van der Waals surface area contributed by atoms with Crippen LogP contribution >= 0.6 is 22.9 Å². The average molecular weight is 276 g/mol. The van der Waals surface area contributed by atoms with Gasteiger partial charge in [-0.3, -0.25) is 0 Å². The molecule has 1 atom stereocenters. The van der Waals surface area contributed by atoms with E-state index in [0.717, 1.165) is 17.2 Å². The van der Waals surface area contributed by atoms with Crippen LogP contribution in [0.25, 0.3) is 0 Å². The van der Waals surface area contributed by atoms with Crippen molar-refractivity contribution in [1.29, 1.82) is 0 Å². The Morgan fingerprint density at radius 3 is 2.82 bits per heavy atom. The minimum absolute atomic E-state index is 0.0519. The van der Waals surface area contributed by atoms with E-state index in [1.54, 1.807) is 11.3 Å². The number of aliphatic hydroxyl groups is 2. The third kappa shape index (κ3) is 2.51. The fourth-order valence-corrected chi connectivity index (χ4v) is 3.67. The molecule has 0 spiro atoms. The quantitative estimate of drug-likeness (QED) is 0.771. The Labute approximate surface area is 110 Å². The van der Waals surface area contributed by atoms with Gasteiger partial charge in [-0.2, -0.15) is 0 Å². The lowest BCUT2D eigenvalue weighted by Gasteiger charge is -2.33. The second-order valence-electron chi connectivity index (χ2n) is 4.61. The highest BCUT2D eigenvalue weighted by Gasteiger charge is 2.33. The number of thiophene rings is 1. The van der Waals surface area contributed by atoms with E-state index in [-0.39, 0.29) is 19.3 Å². The molecule has 2 rings (SSSR count). The van der Waals surface area contributed by atoms with Gasteiger partial charge >= 0.3 is 0 Å². The number of hydrogen-bond donors (Lipinski definition) is 3. The second-order valence-corrected chi connectivity index (χ2v) is 6.38. The van der Waals surface area contributed by atoms with Gasteiger partial charge in [0.25, 0.3) is 0 Å². The minimum atomic E-state index is -0.583. The van der Waals surface area contributed by atoms with Crippen LogP contribution in [-0.2, 0) is 6.42 Å². The van der Waals surface area contributed by atoms with Crippen molar-refractivity contribution in [1.82, 2.24) is 5.32 Å². The van der Waals surface area contributed by atoms with E-state index in [4.69, 9.17) is 11.6 Å². The number of rotatable bonds is 5. The van der Waals surface area contributed by atoms with Crippen LogP contribution in [0.15, 0.2) is 6.07 Å². The number of nitrogens with one attached hydrogen (secondary N) is 1. The van der Waals surface area contributed by atoms with Gasteiger partial charge in [0, 0.05) is 10.9 Å². The van der Waals surface area contributed by atoms with Crippen molar-refractivity contribution in [2.24, 2.45) is 0 Å². The van der Waals surface area contributed by atoms with E-state index in [9.17, 15) is 10.2 Å². The van der Waals surface area contributed by atoms with Crippen molar-refractivity contribution in [3.63, 3.8) is 0 Å². The SMILES string of the molecule is CCC(CO)(CO)NC1CCc2sc(Cl)cc21. The molecule has 0 saturated carbocycles. The van der Waals surface area contributed by atoms with E-state index >= 15 is 0 Å². The predicted molar refractivity (Wildman–Crippen MR) is 70.7 cm³/mol. The van der Waals surface area contributed by atoms with Crippen molar-refractivity contribution >= 4 is 22.9 Å². The Morgan fingerprint density at radius 1 is 1.53 bits per heavy atom. The first-order valence-electron chi connectivity index (χ1n) is 5.91. The Bertz CT molecular complexity index is 382. The lowest BCUT2D eigenvalue weighted by Crippen LogP contribution is -2.52. The molecule has 3 N–H and O–H groups in total. The smallest absolute Gasteiger partial charge is 0.0934 e. The van der Waals surface area contributed by atoms with E-state index in [2.05, 4.69) is 5.32 Å². The standard InChI is InChI=1S/C12H18ClNO2S/c1-2-12(6-15,7-16)14-9-3-4-10-8(9)5-11(13)17-10/h5,9,14-16H,2-4,6-7H2,1H3. The third-order valence-corrected chi connectivity index (χ3v) is 4.95. The number of hydrogen-bond acceptors (Lipinski definition) is 4. The normalized spacial score (nSPS) is 19.6. The van der Waals surface area contributed by atoms with E-state index in [1.807, 2.05) is 13.0 Å². The molecular formula is C12H18ClNO2S. The molecule has 1 aromatic heterocycles. The van der Waals surface area contributed by atoms with Crippen molar-refractivity contribution in [2.45, 2.75) is 37.8 Å². The first-order valence-corrected chi connectivity index (χ1v) is 7.11.